The molecule has 0 unspecified atom stereocenters. The molecule has 0 N–H and O–H groups in total. The van der Waals surface area contributed by atoms with Crippen LogP contribution in [0.4, 0.5) is 26.3 Å². The fourth-order valence-electron chi connectivity index (χ4n) is 1.36. The van der Waals surface area contributed by atoms with Crippen LogP contribution in [0.2, 0.25) is 0 Å². The summed E-state index contributed by atoms with van der Waals surface area (Å²) in [6.07, 6.45) is -11.0. The molecule has 0 aromatic heterocycles. The molecule has 1 aromatic rings. The molecule has 0 aliphatic heterocycles. The van der Waals surface area contributed by atoms with Crippen molar-refractivity contribution in [2.24, 2.45) is 0 Å². The van der Waals surface area contributed by atoms with Gasteiger partial charge in [-0.2, -0.15) is 26.3 Å². The molecule has 3 nitrogen and oxygen atoms in total. The minimum atomic E-state index is -5.29. The first-order valence-corrected chi connectivity index (χ1v) is 6.81. The van der Waals surface area contributed by atoms with Gasteiger partial charge in [0.25, 0.3) is 9.05 Å². The number of aldehydes is 1. The van der Waals surface area contributed by atoms with Crippen LogP contribution >= 0.6 is 10.7 Å². The summed E-state index contributed by atoms with van der Waals surface area (Å²) in [4.78, 5) is 8.70. The zero-order valence-electron chi connectivity index (χ0n) is 9.01. The summed E-state index contributed by atoms with van der Waals surface area (Å²) in [5.74, 6) is 0. The molecule has 0 saturated carbocycles. The van der Waals surface area contributed by atoms with Crippen molar-refractivity contribution in [2.75, 3.05) is 0 Å². The van der Waals surface area contributed by atoms with Gasteiger partial charge < -0.3 is 0 Å². The lowest BCUT2D eigenvalue weighted by atomic mass is 10.0. The van der Waals surface area contributed by atoms with Crippen molar-refractivity contribution >= 4 is 26.0 Å². The second-order valence-corrected chi connectivity index (χ2v) is 6.02. The lowest BCUT2D eigenvalue weighted by molar-refractivity contribution is -0.143. The van der Waals surface area contributed by atoms with Crippen molar-refractivity contribution in [1.29, 1.82) is 0 Å². The van der Waals surface area contributed by atoms with E-state index in [9.17, 15) is 39.6 Å². The first kappa shape index (κ1) is 16.8. The van der Waals surface area contributed by atoms with Gasteiger partial charge in [0, 0.05) is 16.2 Å². The molecule has 0 aliphatic rings. The highest BCUT2D eigenvalue weighted by atomic mass is 35.7. The normalized spacial score (nSPS) is 13.3. The summed E-state index contributed by atoms with van der Waals surface area (Å²) < 4.78 is 97.4. The fourth-order valence-corrected chi connectivity index (χ4v) is 2.44. The molecular formula is C9H3ClF6O3S. The molecule has 0 heterocycles. The summed E-state index contributed by atoms with van der Waals surface area (Å²) in [5, 5.41) is 0. The molecule has 0 aliphatic carbocycles. The highest BCUT2D eigenvalue weighted by Crippen LogP contribution is 2.40. The van der Waals surface area contributed by atoms with E-state index in [1.54, 1.807) is 0 Å². The minimum Gasteiger partial charge on any atom is -0.298 e. The van der Waals surface area contributed by atoms with E-state index in [1.807, 2.05) is 0 Å². The van der Waals surface area contributed by atoms with Gasteiger partial charge in [0.15, 0.2) is 6.29 Å². The third-order valence-corrected chi connectivity index (χ3v) is 3.51. The molecule has 0 saturated heterocycles. The quantitative estimate of drug-likeness (QED) is 0.470. The first-order chi connectivity index (χ1) is 8.78. The van der Waals surface area contributed by atoms with Gasteiger partial charge in [-0.25, -0.2) is 8.42 Å². The largest absolute Gasteiger partial charge is 0.417 e. The summed E-state index contributed by atoms with van der Waals surface area (Å²) in [7, 11) is -0.384. The Balaban J connectivity index is 3.86. The summed E-state index contributed by atoms with van der Waals surface area (Å²) >= 11 is 0. The molecule has 1 rings (SSSR count). The zero-order valence-corrected chi connectivity index (χ0v) is 10.6. The molecule has 11 heteroatoms. The Hall–Kier alpha value is -1.29. The molecule has 1 aromatic carbocycles. The Labute approximate surface area is 112 Å². The van der Waals surface area contributed by atoms with E-state index in [-0.39, 0.29) is 12.1 Å². The monoisotopic (exact) mass is 340 g/mol. The second-order valence-electron chi connectivity index (χ2n) is 3.49. The molecule has 0 fully saturated rings. The van der Waals surface area contributed by atoms with Crippen molar-refractivity contribution < 1.29 is 39.6 Å². The summed E-state index contributed by atoms with van der Waals surface area (Å²) in [5.41, 5.74) is -5.10. The van der Waals surface area contributed by atoms with Crippen LogP contribution in [-0.2, 0) is 21.4 Å². The Morgan fingerprint density at radius 3 is 1.70 bits per heavy atom. The predicted octanol–water partition coefficient (Wildman–Crippen LogP) is 3.46. The number of rotatable bonds is 2. The topological polar surface area (TPSA) is 51.2 Å². The van der Waals surface area contributed by atoms with E-state index < -0.39 is 49.3 Å². The number of carbonyl (C=O) groups is 1. The van der Waals surface area contributed by atoms with Crippen LogP contribution in [-0.4, -0.2) is 14.7 Å². The smallest absolute Gasteiger partial charge is 0.298 e. The Kier molecular flexibility index (Phi) is 4.12. The SMILES string of the molecule is O=Cc1cc(C(F)(F)F)c(S(=O)(=O)Cl)cc1C(F)(F)F. The van der Waals surface area contributed by atoms with Crippen LogP contribution in [0.1, 0.15) is 21.5 Å². The van der Waals surface area contributed by atoms with E-state index in [1.165, 1.54) is 0 Å². The molecule has 0 amide bonds. The van der Waals surface area contributed by atoms with E-state index in [0.29, 0.717) is 0 Å². The van der Waals surface area contributed by atoms with Gasteiger partial charge in [0.2, 0.25) is 0 Å². The van der Waals surface area contributed by atoms with E-state index in [4.69, 9.17) is 10.7 Å². The third kappa shape index (κ3) is 3.42. The number of hydrogen-bond donors (Lipinski definition) is 0. The first-order valence-electron chi connectivity index (χ1n) is 4.50. The van der Waals surface area contributed by atoms with Gasteiger partial charge in [-0.05, 0) is 12.1 Å². The molecule has 0 bridgehead atoms. The Morgan fingerprint density at radius 2 is 1.40 bits per heavy atom. The van der Waals surface area contributed by atoms with Crippen LogP contribution in [0.3, 0.4) is 0 Å². The van der Waals surface area contributed by atoms with Crippen LogP contribution in [0.25, 0.3) is 0 Å². The average Bonchev–Trinajstić information content (AvgIpc) is 2.23. The Morgan fingerprint density at radius 1 is 0.950 bits per heavy atom. The molecule has 112 valence electrons. The maximum atomic E-state index is 12.6. The van der Waals surface area contributed by atoms with Gasteiger partial charge >= 0.3 is 12.4 Å². The molecule has 0 radical (unpaired) electrons. The summed E-state index contributed by atoms with van der Waals surface area (Å²) in [6, 6.07) is -0.514. The van der Waals surface area contributed by atoms with E-state index in [0.717, 1.165) is 0 Å². The lowest BCUT2D eigenvalue weighted by Gasteiger charge is -2.15. The lowest BCUT2D eigenvalue weighted by Crippen LogP contribution is -2.16. The van der Waals surface area contributed by atoms with Crippen LogP contribution in [0.15, 0.2) is 17.0 Å². The predicted molar refractivity (Wildman–Crippen MR) is 54.9 cm³/mol. The van der Waals surface area contributed by atoms with Crippen LogP contribution in [0, 0.1) is 0 Å². The number of hydrogen-bond acceptors (Lipinski definition) is 3. The average molecular weight is 341 g/mol. The van der Waals surface area contributed by atoms with Crippen molar-refractivity contribution in [3.05, 3.63) is 28.8 Å². The zero-order chi connectivity index (χ0) is 15.9. The van der Waals surface area contributed by atoms with Crippen molar-refractivity contribution in [1.82, 2.24) is 0 Å². The van der Waals surface area contributed by atoms with Gasteiger partial charge in [0.05, 0.1) is 16.0 Å². The molecular weight excluding hydrogens is 338 g/mol. The number of halogens is 7. The van der Waals surface area contributed by atoms with Crippen molar-refractivity contribution in [3.63, 3.8) is 0 Å². The van der Waals surface area contributed by atoms with Crippen molar-refractivity contribution in [2.45, 2.75) is 17.2 Å². The maximum Gasteiger partial charge on any atom is 0.417 e. The third-order valence-electron chi connectivity index (χ3n) is 2.15. The van der Waals surface area contributed by atoms with Crippen LogP contribution in [0.5, 0.6) is 0 Å². The van der Waals surface area contributed by atoms with Gasteiger partial charge in [-0.1, -0.05) is 0 Å². The second kappa shape index (κ2) is 4.92. The fraction of sp³-hybridized carbons (Fsp3) is 0.222. The highest BCUT2D eigenvalue weighted by molar-refractivity contribution is 8.13. The van der Waals surface area contributed by atoms with Gasteiger partial charge in [-0.3, -0.25) is 4.79 Å². The van der Waals surface area contributed by atoms with E-state index in [2.05, 4.69) is 0 Å². The van der Waals surface area contributed by atoms with E-state index >= 15 is 0 Å². The van der Waals surface area contributed by atoms with Crippen LogP contribution < -0.4 is 0 Å². The minimum absolute atomic E-state index is 0.203. The number of benzene rings is 1. The molecule has 20 heavy (non-hydrogen) atoms. The standard InChI is InChI=1S/C9H3ClF6O3S/c10-20(18,19)7-2-5(8(11,12)13)4(3-17)1-6(7)9(14,15)16/h1-3H. The number of carbonyl (C=O) groups excluding carboxylic acids is 1. The number of alkyl halides is 6. The summed E-state index contributed by atoms with van der Waals surface area (Å²) in [6.45, 7) is 0. The molecule has 0 spiro atoms. The van der Waals surface area contributed by atoms with Gasteiger partial charge in [0.1, 0.15) is 0 Å². The Bertz CT molecular complexity index is 647. The highest BCUT2D eigenvalue weighted by Gasteiger charge is 2.41. The van der Waals surface area contributed by atoms with Crippen molar-refractivity contribution in [3.8, 4) is 0 Å². The maximum absolute atomic E-state index is 12.6. The van der Waals surface area contributed by atoms with Gasteiger partial charge in [-0.15, -0.1) is 0 Å². The molecule has 0 atom stereocenters.